The number of hydrogen-bond acceptors (Lipinski definition) is 2. The van der Waals surface area contributed by atoms with Gasteiger partial charge in [0.05, 0.1) is 5.92 Å². The number of carboxylic acids is 1. The van der Waals surface area contributed by atoms with Crippen LogP contribution in [0, 0.1) is 11.8 Å². The van der Waals surface area contributed by atoms with Crippen molar-refractivity contribution < 1.29 is 9.90 Å². The maximum absolute atomic E-state index is 11.2. The van der Waals surface area contributed by atoms with Crippen LogP contribution >= 0.6 is 0 Å². The average Bonchev–Trinajstić information content (AvgIpc) is 2.72. The fraction of sp³-hybridized carbons (Fsp3) is 0.923. The van der Waals surface area contributed by atoms with E-state index in [9.17, 15) is 9.90 Å². The van der Waals surface area contributed by atoms with E-state index < -0.39 is 5.97 Å². The summed E-state index contributed by atoms with van der Waals surface area (Å²) in [5.74, 6) is 0.000544. The highest BCUT2D eigenvalue weighted by molar-refractivity contribution is 5.71. The Kier molecular flexibility index (Phi) is 3.24. The van der Waals surface area contributed by atoms with Crippen molar-refractivity contribution in [2.24, 2.45) is 11.8 Å². The molecule has 2 heterocycles. The molecule has 2 saturated heterocycles. The minimum atomic E-state index is -0.589. The summed E-state index contributed by atoms with van der Waals surface area (Å²) < 4.78 is 0. The highest BCUT2D eigenvalue weighted by atomic mass is 16.4. The molecule has 0 saturated carbocycles. The predicted molar refractivity (Wildman–Crippen MR) is 63.3 cm³/mol. The van der Waals surface area contributed by atoms with Crippen LogP contribution in [0.25, 0.3) is 0 Å². The molecule has 0 amide bonds. The van der Waals surface area contributed by atoms with Gasteiger partial charge in [-0.05, 0) is 38.5 Å². The Bertz CT molecular complexity index is 277. The van der Waals surface area contributed by atoms with Crippen LogP contribution in [-0.2, 0) is 4.79 Å². The number of nitrogens with zero attached hydrogens (tertiary/aromatic N) is 1. The number of rotatable bonds is 4. The van der Waals surface area contributed by atoms with Gasteiger partial charge in [-0.25, -0.2) is 0 Å². The fourth-order valence-corrected chi connectivity index (χ4v) is 3.79. The van der Waals surface area contributed by atoms with Gasteiger partial charge in [-0.1, -0.05) is 13.8 Å². The maximum atomic E-state index is 11.2. The molecule has 0 aromatic carbocycles. The third kappa shape index (κ3) is 1.97. The van der Waals surface area contributed by atoms with Crippen molar-refractivity contribution in [1.82, 2.24) is 4.90 Å². The quantitative estimate of drug-likeness (QED) is 0.798. The number of aliphatic carboxylic acids is 1. The van der Waals surface area contributed by atoms with E-state index in [2.05, 4.69) is 25.7 Å². The van der Waals surface area contributed by atoms with E-state index in [0.717, 1.165) is 12.8 Å². The summed E-state index contributed by atoms with van der Waals surface area (Å²) in [7, 11) is 0. The van der Waals surface area contributed by atoms with Crippen molar-refractivity contribution in [3.8, 4) is 0 Å². The molecule has 0 radical (unpaired) electrons. The zero-order chi connectivity index (χ0) is 11.9. The van der Waals surface area contributed by atoms with Crippen LogP contribution in [0.2, 0.25) is 0 Å². The summed E-state index contributed by atoms with van der Waals surface area (Å²) in [6, 6.07) is 1.40. The number of carbonyl (C=O) groups is 1. The Morgan fingerprint density at radius 3 is 2.56 bits per heavy atom. The number of hydrogen-bond donors (Lipinski definition) is 1. The van der Waals surface area contributed by atoms with Crippen molar-refractivity contribution in [2.45, 2.75) is 64.6 Å². The van der Waals surface area contributed by atoms with E-state index in [-0.39, 0.29) is 5.92 Å². The first-order valence-electron chi connectivity index (χ1n) is 6.51. The lowest BCUT2D eigenvalue weighted by Gasteiger charge is -2.30. The molecule has 16 heavy (non-hydrogen) atoms. The summed E-state index contributed by atoms with van der Waals surface area (Å²) in [4.78, 5) is 13.7. The predicted octanol–water partition coefficient (Wildman–Crippen LogP) is 2.36. The molecule has 3 heteroatoms. The standard InChI is InChI=1S/C13H23NO2/c1-8(2)6-9(3)14-10-4-5-12(14)11(7-10)13(15)16/h8-12H,4-7H2,1-3H3,(H,15,16). The lowest BCUT2D eigenvalue weighted by atomic mass is 9.89. The minimum absolute atomic E-state index is 0.103. The van der Waals surface area contributed by atoms with Gasteiger partial charge in [0.15, 0.2) is 0 Å². The normalized spacial score (nSPS) is 35.9. The second-order valence-electron chi connectivity index (χ2n) is 5.90. The van der Waals surface area contributed by atoms with E-state index in [0.29, 0.717) is 24.0 Å². The topological polar surface area (TPSA) is 40.5 Å². The lowest BCUT2D eigenvalue weighted by molar-refractivity contribution is -0.142. The molecule has 0 aromatic rings. The Morgan fingerprint density at radius 1 is 1.38 bits per heavy atom. The molecule has 0 aliphatic carbocycles. The molecule has 0 aromatic heterocycles. The molecule has 2 aliphatic heterocycles. The van der Waals surface area contributed by atoms with Gasteiger partial charge in [0.2, 0.25) is 0 Å². The molecule has 1 N–H and O–H groups in total. The summed E-state index contributed by atoms with van der Waals surface area (Å²) >= 11 is 0. The Labute approximate surface area is 97.8 Å². The monoisotopic (exact) mass is 225 g/mol. The van der Waals surface area contributed by atoms with Crippen molar-refractivity contribution in [3.63, 3.8) is 0 Å². The van der Waals surface area contributed by atoms with Crippen molar-refractivity contribution in [3.05, 3.63) is 0 Å². The first-order valence-corrected chi connectivity index (χ1v) is 6.51. The molecular formula is C13H23NO2. The van der Waals surface area contributed by atoms with Crippen molar-refractivity contribution in [2.75, 3.05) is 0 Å². The third-order valence-corrected chi connectivity index (χ3v) is 4.23. The van der Waals surface area contributed by atoms with Crippen LogP contribution in [0.4, 0.5) is 0 Å². The van der Waals surface area contributed by atoms with E-state index in [4.69, 9.17) is 0 Å². The first kappa shape index (κ1) is 11.9. The van der Waals surface area contributed by atoms with Gasteiger partial charge in [-0.15, -0.1) is 0 Å². The van der Waals surface area contributed by atoms with Gasteiger partial charge in [-0.2, -0.15) is 0 Å². The smallest absolute Gasteiger partial charge is 0.308 e. The molecular weight excluding hydrogens is 202 g/mol. The second kappa shape index (κ2) is 4.36. The van der Waals surface area contributed by atoms with Crippen LogP contribution in [-0.4, -0.2) is 34.1 Å². The first-order chi connectivity index (χ1) is 7.50. The SMILES string of the molecule is CC(C)CC(C)N1C2CCC1C(C(=O)O)C2. The van der Waals surface area contributed by atoms with Crippen LogP contribution in [0.1, 0.15) is 46.5 Å². The molecule has 3 nitrogen and oxygen atoms in total. The largest absolute Gasteiger partial charge is 0.481 e. The fourth-order valence-electron chi connectivity index (χ4n) is 3.79. The molecule has 4 unspecified atom stereocenters. The molecule has 2 aliphatic rings. The molecule has 2 fully saturated rings. The maximum Gasteiger partial charge on any atom is 0.308 e. The highest BCUT2D eigenvalue weighted by Gasteiger charge is 2.50. The summed E-state index contributed by atoms with van der Waals surface area (Å²) in [5.41, 5.74) is 0. The van der Waals surface area contributed by atoms with Crippen molar-refractivity contribution >= 4 is 5.97 Å². The summed E-state index contributed by atoms with van der Waals surface area (Å²) in [5, 5.41) is 9.19. The van der Waals surface area contributed by atoms with E-state index in [1.54, 1.807) is 0 Å². The van der Waals surface area contributed by atoms with Gasteiger partial charge in [-0.3, -0.25) is 9.69 Å². The Morgan fingerprint density at radius 2 is 2.06 bits per heavy atom. The highest BCUT2D eigenvalue weighted by Crippen LogP contribution is 2.43. The van der Waals surface area contributed by atoms with Crippen LogP contribution < -0.4 is 0 Å². The molecule has 4 atom stereocenters. The van der Waals surface area contributed by atoms with Crippen molar-refractivity contribution in [1.29, 1.82) is 0 Å². The zero-order valence-corrected chi connectivity index (χ0v) is 10.5. The van der Waals surface area contributed by atoms with Crippen LogP contribution in [0.5, 0.6) is 0 Å². The zero-order valence-electron chi connectivity index (χ0n) is 10.5. The number of fused-ring (bicyclic) bond motifs is 2. The Balaban J connectivity index is 2.04. The van der Waals surface area contributed by atoms with E-state index >= 15 is 0 Å². The Hall–Kier alpha value is -0.570. The lowest BCUT2D eigenvalue weighted by Crippen LogP contribution is -2.40. The molecule has 2 rings (SSSR count). The summed E-state index contributed by atoms with van der Waals surface area (Å²) in [6.07, 6.45) is 4.35. The summed E-state index contributed by atoms with van der Waals surface area (Å²) in [6.45, 7) is 6.74. The minimum Gasteiger partial charge on any atom is -0.481 e. The molecule has 2 bridgehead atoms. The molecule has 92 valence electrons. The third-order valence-electron chi connectivity index (χ3n) is 4.23. The van der Waals surface area contributed by atoms with Gasteiger partial charge >= 0.3 is 5.97 Å². The van der Waals surface area contributed by atoms with Crippen LogP contribution in [0.3, 0.4) is 0 Å². The van der Waals surface area contributed by atoms with Gasteiger partial charge in [0.25, 0.3) is 0 Å². The van der Waals surface area contributed by atoms with E-state index in [1.807, 2.05) is 0 Å². The second-order valence-corrected chi connectivity index (χ2v) is 5.90. The van der Waals surface area contributed by atoms with Gasteiger partial charge in [0.1, 0.15) is 0 Å². The van der Waals surface area contributed by atoms with Gasteiger partial charge < -0.3 is 5.11 Å². The molecule has 0 spiro atoms. The van der Waals surface area contributed by atoms with Gasteiger partial charge in [0, 0.05) is 18.1 Å². The van der Waals surface area contributed by atoms with E-state index in [1.165, 1.54) is 12.8 Å². The average molecular weight is 225 g/mol. The van der Waals surface area contributed by atoms with Crippen LogP contribution in [0.15, 0.2) is 0 Å². The number of carboxylic acid groups (broad SMARTS) is 1.